The molecule has 2 aromatic carbocycles. The summed E-state index contributed by atoms with van der Waals surface area (Å²) in [6, 6.07) is 7.67. The van der Waals surface area contributed by atoms with Crippen LogP contribution in [0.1, 0.15) is 0 Å². The Balaban J connectivity index is 2.38. The van der Waals surface area contributed by atoms with Crippen LogP contribution < -0.4 is 5.63 Å². The number of aromatic amines is 1. The van der Waals surface area contributed by atoms with Crippen LogP contribution in [0.3, 0.4) is 0 Å². The maximum atomic E-state index is 11.6. The maximum Gasteiger partial charge on any atom is 0.390 e. The lowest BCUT2D eigenvalue weighted by Crippen LogP contribution is -1.91. The van der Waals surface area contributed by atoms with E-state index in [1.165, 1.54) is 0 Å². The summed E-state index contributed by atoms with van der Waals surface area (Å²) >= 11 is 0. The molecule has 0 fully saturated rings. The molecule has 4 rings (SSSR count). The van der Waals surface area contributed by atoms with Gasteiger partial charge in [-0.2, -0.15) is 0 Å². The lowest BCUT2D eigenvalue weighted by molar-refractivity contribution is 0.0658. The molecule has 1 N–H and O–H groups in total. The van der Waals surface area contributed by atoms with Crippen LogP contribution in [-0.4, -0.2) is 4.98 Å². The van der Waals surface area contributed by atoms with Gasteiger partial charge in [-0.25, -0.2) is 9.37 Å². The number of benzene rings is 2. The molecule has 82 valence electrons. The van der Waals surface area contributed by atoms with Crippen LogP contribution in [0.5, 0.6) is 0 Å². The highest BCUT2D eigenvalue weighted by Crippen LogP contribution is 2.27. The zero-order valence-electron chi connectivity index (χ0n) is 8.69. The third-order valence-corrected chi connectivity index (χ3v) is 3.07. The van der Waals surface area contributed by atoms with E-state index in [4.69, 9.17) is 4.58 Å². The van der Waals surface area contributed by atoms with Crippen LogP contribution in [0, 0.1) is 0 Å². The number of aromatic nitrogens is 1. The Bertz CT molecular complexity index is 911. The highest BCUT2D eigenvalue weighted by atomic mass is 17.0. The summed E-state index contributed by atoms with van der Waals surface area (Å²) in [5, 5.41) is 4.54. The smallest absolute Gasteiger partial charge is 0.366 e. The van der Waals surface area contributed by atoms with Crippen molar-refractivity contribution in [2.24, 2.45) is 0 Å². The van der Waals surface area contributed by atoms with Crippen molar-refractivity contribution >= 4 is 32.5 Å². The Morgan fingerprint density at radius 2 is 1.76 bits per heavy atom. The normalized spacial score (nSPS) is 11.8. The van der Waals surface area contributed by atoms with Crippen LogP contribution in [-0.2, 0) is 0 Å². The van der Waals surface area contributed by atoms with E-state index in [1.807, 2.05) is 30.6 Å². The Hall–Kier alpha value is -2.49. The molecule has 0 spiro atoms. The minimum Gasteiger partial charge on any atom is -0.366 e. The van der Waals surface area contributed by atoms with E-state index >= 15 is 0 Å². The minimum absolute atomic E-state index is 0.430. The number of H-pyrrole nitrogens is 1. The zero-order valence-corrected chi connectivity index (χ0v) is 8.69. The standard InChI is InChI=1S/C13H7NO3/c15-13-12-10-4-9-6-14-5-8(9)3-7(10)1-2-11(12)16-17-13/h1-6,14H. The molecule has 0 saturated heterocycles. The molecule has 4 aromatic rings. The highest BCUT2D eigenvalue weighted by molar-refractivity contribution is 6.10. The second kappa shape index (κ2) is 2.79. The summed E-state index contributed by atoms with van der Waals surface area (Å²) in [6.07, 6.45) is 3.83. The van der Waals surface area contributed by atoms with Gasteiger partial charge in [0.15, 0.2) is 5.58 Å². The van der Waals surface area contributed by atoms with Gasteiger partial charge < -0.3 is 4.98 Å². The van der Waals surface area contributed by atoms with Gasteiger partial charge in [0.2, 0.25) is 0 Å². The molecular weight excluding hydrogens is 218 g/mol. The fraction of sp³-hybridized carbons (Fsp3) is 0. The highest BCUT2D eigenvalue weighted by Gasteiger charge is 2.11. The summed E-state index contributed by atoms with van der Waals surface area (Å²) in [6.45, 7) is 0. The molecule has 4 heteroatoms. The van der Waals surface area contributed by atoms with Gasteiger partial charge in [-0.05, 0) is 34.4 Å². The van der Waals surface area contributed by atoms with Gasteiger partial charge in [-0.15, -0.1) is 0 Å². The van der Waals surface area contributed by atoms with E-state index < -0.39 is 5.63 Å². The van der Waals surface area contributed by atoms with E-state index in [0.717, 1.165) is 21.5 Å². The molecule has 0 radical (unpaired) electrons. The number of fused-ring (bicyclic) bond motifs is 4. The minimum atomic E-state index is -0.430. The van der Waals surface area contributed by atoms with E-state index in [-0.39, 0.29) is 0 Å². The van der Waals surface area contributed by atoms with Gasteiger partial charge in [0.05, 0.1) is 0 Å². The van der Waals surface area contributed by atoms with Gasteiger partial charge in [0, 0.05) is 17.8 Å². The fourth-order valence-electron chi connectivity index (χ4n) is 2.26. The van der Waals surface area contributed by atoms with Crippen molar-refractivity contribution in [1.82, 2.24) is 4.98 Å². The summed E-state index contributed by atoms with van der Waals surface area (Å²) < 4.78 is 9.43. The van der Waals surface area contributed by atoms with Crippen molar-refractivity contribution in [3.63, 3.8) is 0 Å². The first kappa shape index (κ1) is 8.64. The number of hydrogen-bond donors (Lipinski definition) is 1. The van der Waals surface area contributed by atoms with Crippen molar-refractivity contribution in [2.45, 2.75) is 0 Å². The molecule has 0 aliphatic rings. The number of nitrogens with one attached hydrogen (secondary N) is 1. The van der Waals surface area contributed by atoms with E-state index in [1.54, 1.807) is 6.07 Å². The molecule has 4 nitrogen and oxygen atoms in total. The third kappa shape index (κ3) is 1.04. The summed E-state index contributed by atoms with van der Waals surface area (Å²) in [5.74, 6) is 0. The van der Waals surface area contributed by atoms with Gasteiger partial charge >= 0.3 is 5.63 Å². The average molecular weight is 225 g/mol. The van der Waals surface area contributed by atoms with Crippen molar-refractivity contribution in [2.75, 3.05) is 0 Å². The Labute approximate surface area is 94.4 Å². The van der Waals surface area contributed by atoms with Crippen molar-refractivity contribution < 1.29 is 9.15 Å². The largest absolute Gasteiger partial charge is 0.390 e. The van der Waals surface area contributed by atoms with Gasteiger partial charge in [-0.3, -0.25) is 4.58 Å². The predicted octanol–water partition coefficient (Wildman–Crippen LogP) is 3.02. The zero-order chi connectivity index (χ0) is 11.4. The van der Waals surface area contributed by atoms with E-state index in [9.17, 15) is 4.79 Å². The number of rotatable bonds is 0. The van der Waals surface area contributed by atoms with E-state index in [2.05, 4.69) is 9.56 Å². The monoisotopic (exact) mass is 225 g/mol. The second-order valence-electron chi connectivity index (χ2n) is 4.05. The lowest BCUT2D eigenvalue weighted by Gasteiger charge is -1.97. The lowest BCUT2D eigenvalue weighted by atomic mass is 10.0. The van der Waals surface area contributed by atoms with Crippen molar-refractivity contribution in [3.8, 4) is 0 Å². The first-order valence-corrected chi connectivity index (χ1v) is 5.25. The van der Waals surface area contributed by atoms with E-state index in [0.29, 0.717) is 11.0 Å². The van der Waals surface area contributed by atoms with Crippen LogP contribution in [0.4, 0.5) is 0 Å². The van der Waals surface area contributed by atoms with Gasteiger partial charge in [0.25, 0.3) is 0 Å². The second-order valence-corrected chi connectivity index (χ2v) is 4.05. The van der Waals surface area contributed by atoms with Crippen LogP contribution in [0.15, 0.2) is 50.6 Å². The SMILES string of the molecule is O=c1ooc2ccc3cc4c[nH]cc4cc3c12. The molecule has 0 unspecified atom stereocenters. The average Bonchev–Trinajstić information content (AvgIpc) is 2.92. The third-order valence-electron chi connectivity index (χ3n) is 3.07. The van der Waals surface area contributed by atoms with Crippen LogP contribution in [0.25, 0.3) is 32.5 Å². The Morgan fingerprint density at radius 3 is 2.65 bits per heavy atom. The maximum absolute atomic E-state index is 11.6. The molecule has 0 atom stereocenters. The van der Waals surface area contributed by atoms with Crippen molar-refractivity contribution in [1.29, 1.82) is 0 Å². The Morgan fingerprint density at radius 1 is 0.941 bits per heavy atom. The summed E-state index contributed by atoms with van der Waals surface area (Å²) in [4.78, 5) is 14.6. The molecule has 0 aliphatic heterocycles. The van der Waals surface area contributed by atoms with Crippen LogP contribution in [0.2, 0.25) is 0 Å². The molecule has 0 bridgehead atoms. The topological polar surface area (TPSA) is 59.1 Å². The summed E-state index contributed by atoms with van der Waals surface area (Å²) in [5.41, 5.74) is 0.0536. The van der Waals surface area contributed by atoms with Crippen LogP contribution >= 0.6 is 0 Å². The Kier molecular flexibility index (Phi) is 1.42. The van der Waals surface area contributed by atoms with Gasteiger partial charge in [-0.1, -0.05) is 6.07 Å². The molecule has 17 heavy (non-hydrogen) atoms. The molecule has 0 saturated carbocycles. The molecule has 2 aromatic heterocycles. The summed E-state index contributed by atoms with van der Waals surface area (Å²) in [7, 11) is 0. The molecule has 0 aliphatic carbocycles. The fourth-order valence-corrected chi connectivity index (χ4v) is 2.26. The first-order chi connectivity index (χ1) is 8.33. The predicted molar refractivity (Wildman–Crippen MR) is 64.1 cm³/mol. The molecule has 0 amide bonds. The molecular formula is C13H7NO3. The number of hydrogen-bond acceptors (Lipinski definition) is 3. The quantitative estimate of drug-likeness (QED) is 0.468. The first-order valence-electron chi connectivity index (χ1n) is 5.25. The molecule has 2 heterocycles. The van der Waals surface area contributed by atoms with Gasteiger partial charge in [0.1, 0.15) is 5.39 Å². The van der Waals surface area contributed by atoms with Crippen molar-refractivity contribution in [3.05, 3.63) is 47.1 Å².